The molecule has 2 aliphatic rings. The van der Waals surface area contributed by atoms with Crippen LogP contribution in [0.25, 0.3) is 0 Å². The fraction of sp³-hybridized carbons (Fsp3) is 0.455. The molecule has 9 heteroatoms. The number of carbonyl (C=O) groups excluding carboxylic acids is 1. The van der Waals surface area contributed by atoms with Crippen molar-refractivity contribution in [3.63, 3.8) is 0 Å². The molecule has 4 heterocycles. The summed E-state index contributed by atoms with van der Waals surface area (Å²) < 4.78 is 1.96. The molecule has 2 aromatic heterocycles. The third-order valence-electron chi connectivity index (χ3n) is 5.82. The fourth-order valence-electron chi connectivity index (χ4n) is 3.95. The van der Waals surface area contributed by atoms with E-state index < -0.39 is 0 Å². The van der Waals surface area contributed by atoms with E-state index in [2.05, 4.69) is 56.4 Å². The molecule has 0 spiro atoms. The van der Waals surface area contributed by atoms with Crippen molar-refractivity contribution >= 4 is 35.9 Å². The van der Waals surface area contributed by atoms with Crippen LogP contribution in [-0.4, -0.2) is 60.4 Å². The normalized spacial score (nSPS) is 19.2. The highest BCUT2D eigenvalue weighted by atomic mass is 16.2. The lowest BCUT2D eigenvalue weighted by Gasteiger charge is -2.29. The molecule has 2 aromatic rings. The highest BCUT2D eigenvalue weighted by Gasteiger charge is 2.29. The number of rotatable bonds is 4. The van der Waals surface area contributed by atoms with Gasteiger partial charge >= 0.3 is 0 Å². The standard InChI is InChI=1S/C22H30N8O/c1-14(2)17-13-30-18(21(31)26-17)11-15(3)20(30)28-22(23-4)27-19-6-5-16(12-25-19)29-9-7-24-8-10-29/h5-6,11-12,14,17,24H,4,7-10,13H2,1-3H3,(H,26,31)(H,25,27,28)/t17-/m1/s1. The number of hydrogen-bond donors (Lipinski definition) is 3. The van der Waals surface area contributed by atoms with Gasteiger partial charge in [0.05, 0.1) is 11.9 Å². The van der Waals surface area contributed by atoms with Crippen LogP contribution in [0.5, 0.6) is 0 Å². The largest absolute Gasteiger partial charge is 0.368 e. The highest BCUT2D eigenvalue weighted by molar-refractivity contribution is 5.98. The predicted octanol–water partition coefficient (Wildman–Crippen LogP) is 2.17. The second-order valence-electron chi connectivity index (χ2n) is 8.33. The summed E-state index contributed by atoms with van der Waals surface area (Å²) in [5.74, 6) is 1.96. The lowest BCUT2D eigenvalue weighted by Crippen LogP contribution is -2.46. The number of aryl methyl sites for hydroxylation is 1. The Kier molecular flexibility index (Phi) is 6.03. The number of guanidine groups is 1. The summed E-state index contributed by atoms with van der Waals surface area (Å²) in [6.45, 7) is 14.4. The number of carbonyl (C=O) groups is 1. The molecular formula is C22H30N8O. The lowest BCUT2D eigenvalue weighted by molar-refractivity contribution is 0.0884. The summed E-state index contributed by atoms with van der Waals surface area (Å²) in [7, 11) is 0. The van der Waals surface area contributed by atoms with E-state index in [4.69, 9.17) is 0 Å². The molecule has 0 aromatic carbocycles. The maximum absolute atomic E-state index is 12.5. The summed E-state index contributed by atoms with van der Waals surface area (Å²) in [5, 5.41) is 9.57. The van der Waals surface area contributed by atoms with Gasteiger partial charge in [-0.3, -0.25) is 4.79 Å². The zero-order valence-corrected chi connectivity index (χ0v) is 18.4. The molecule has 3 N–H and O–H groups in total. The van der Waals surface area contributed by atoms with Gasteiger partial charge in [0, 0.05) is 38.8 Å². The smallest absolute Gasteiger partial charge is 0.268 e. The van der Waals surface area contributed by atoms with Gasteiger partial charge in [-0.05, 0) is 43.3 Å². The number of anilines is 2. The van der Waals surface area contributed by atoms with Crippen molar-refractivity contribution in [2.45, 2.75) is 33.4 Å². The molecule has 1 saturated heterocycles. The van der Waals surface area contributed by atoms with E-state index in [0.29, 0.717) is 35.8 Å². The first-order valence-corrected chi connectivity index (χ1v) is 10.7. The van der Waals surface area contributed by atoms with Crippen LogP contribution in [0.15, 0.2) is 34.4 Å². The Hall–Kier alpha value is -3.20. The third kappa shape index (κ3) is 4.46. The molecule has 0 unspecified atom stereocenters. The maximum Gasteiger partial charge on any atom is 0.268 e. The minimum absolute atomic E-state index is 0.0630. The molecule has 1 amide bonds. The molecule has 1 atom stereocenters. The average Bonchev–Trinajstić information content (AvgIpc) is 3.10. The van der Waals surface area contributed by atoms with Gasteiger partial charge in [0.2, 0.25) is 5.96 Å². The molecule has 0 aliphatic carbocycles. The molecule has 2 aliphatic heterocycles. The van der Waals surface area contributed by atoms with Crippen molar-refractivity contribution in [1.82, 2.24) is 20.2 Å². The second-order valence-corrected chi connectivity index (χ2v) is 8.33. The minimum Gasteiger partial charge on any atom is -0.368 e. The number of hydrogen-bond acceptors (Lipinski definition) is 5. The Morgan fingerprint density at radius 2 is 2.10 bits per heavy atom. The summed E-state index contributed by atoms with van der Waals surface area (Å²) >= 11 is 0. The van der Waals surface area contributed by atoms with Gasteiger partial charge in [-0.1, -0.05) is 13.8 Å². The Morgan fingerprint density at radius 3 is 2.74 bits per heavy atom. The minimum atomic E-state index is -0.0688. The summed E-state index contributed by atoms with van der Waals surface area (Å²) in [5.41, 5.74) is 2.63. The van der Waals surface area contributed by atoms with Crippen LogP contribution >= 0.6 is 0 Å². The number of nitrogens with zero attached hydrogens (tertiary/aromatic N) is 5. The van der Waals surface area contributed by atoms with E-state index in [1.165, 1.54) is 0 Å². The Labute approximate surface area is 182 Å². The SMILES string of the molecule is C=NC(=Nc1c(C)cc2n1C[C@H](C(C)C)NC2=O)Nc1ccc(N2CCNCC2)cn1. The first kappa shape index (κ1) is 21.0. The second kappa shape index (κ2) is 8.89. The van der Waals surface area contributed by atoms with Gasteiger partial charge < -0.3 is 25.4 Å². The number of fused-ring (bicyclic) bond motifs is 1. The zero-order valence-electron chi connectivity index (χ0n) is 18.4. The van der Waals surface area contributed by atoms with Crippen LogP contribution in [0.3, 0.4) is 0 Å². The Bertz CT molecular complexity index is 986. The zero-order chi connectivity index (χ0) is 22.0. The number of pyridine rings is 1. The highest BCUT2D eigenvalue weighted by Crippen LogP contribution is 2.28. The maximum atomic E-state index is 12.5. The van der Waals surface area contributed by atoms with E-state index in [1.807, 2.05) is 35.9 Å². The Morgan fingerprint density at radius 1 is 1.32 bits per heavy atom. The van der Waals surface area contributed by atoms with Crippen molar-refractivity contribution in [3.8, 4) is 0 Å². The van der Waals surface area contributed by atoms with E-state index in [1.54, 1.807) is 0 Å². The fourth-order valence-corrected chi connectivity index (χ4v) is 3.95. The molecule has 0 radical (unpaired) electrons. The molecule has 164 valence electrons. The number of amides is 1. The van der Waals surface area contributed by atoms with Crippen LogP contribution in [0.4, 0.5) is 17.3 Å². The molecule has 1 fully saturated rings. The van der Waals surface area contributed by atoms with Crippen LogP contribution in [-0.2, 0) is 6.54 Å². The van der Waals surface area contributed by atoms with Gasteiger partial charge in [-0.25, -0.2) is 9.98 Å². The molecule has 4 rings (SSSR count). The van der Waals surface area contributed by atoms with Gasteiger partial charge in [-0.15, -0.1) is 0 Å². The van der Waals surface area contributed by atoms with Crippen LogP contribution in [0.2, 0.25) is 0 Å². The first-order chi connectivity index (χ1) is 15.0. The third-order valence-corrected chi connectivity index (χ3v) is 5.82. The van der Waals surface area contributed by atoms with Gasteiger partial charge in [0.25, 0.3) is 5.91 Å². The van der Waals surface area contributed by atoms with Crippen molar-refractivity contribution in [2.24, 2.45) is 15.9 Å². The monoisotopic (exact) mass is 422 g/mol. The number of aromatic nitrogens is 2. The van der Waals surface area contributed by atoms with E-state index in [0.717, 1.165) is 37.4 Å². The first-order valence-electron chi connectivity index (χ1n) is 10.7. The average molecular weight is 423 g/mol. The Balaban J connectivity index is 1.55. The van der Waals surface area contributed by atoms with Crippen molar-refractivity contribution in [3.05, 3.63) is 35.7 Å². The van der Waals surface area contributed by atoms with Crippen LogP contribution < -0.4 is 20.9 Å². The molecule has 31 heavy (non-hydrogen) atoms. The number of aliphatic imine (C=N–C) groups is 2. The van der Waals surface area contributed by atoms with E-state index in [-0.39, 0.29) is 11.9 Å². The lowest BCUT2D eigenvalue weighted by atomic mass is 10.0. The van der Waals surface area contributed by atoms with E-state index >= 15 is 0 Å². The number of nitrogens with one attached hydrogen (secondary N) is 3. The van der Waals surface area contributed by atoms with Gasteiger partial charge in [-0.2, -0.15) is 4.99 Å². The summed E-state index contributed by atoms with van der Waals surface area (Å²) in [4.78, 5) is 28.1. The van der Waals surface area contributed by atoms with Crippen LogP contribution in [0, 0.1) is 12.8 Å². The van der Waals surface area contributed by atoms with E-state index in [9.17, 15) is 4.79 Å². The number of piperazine rings is 1. The van der Waals surface area contributed by atoms with Gasteiger partial charge in [0.15, 0.2) is 0 Å². The van der Waals surface area contributed by atoms with Gasteiger partial charge in [0.1, 0.15) is 17.3 Å². The van der Waals surface area contributed by atoms with Crippen molar-refractivity contribution in [1.29, 1.82) is 0 Å². The molecule has 0 bridgehead atoms. The quantitative estimate of drug-likeness (QED) is 0.518. The molecule has 9 nitrogen and oxygen atoms in total. The molecular weight excluding hydrogens is 392 g/mol. The van der Waals surface area contributed by atoms with Crippen LogP contribution in [0.1, 0.15) is 29.9 Å². The van der Waals surface area contributed by atoms with Crippen molar-refractivity contribution in [2.75, 3.05) is 36.4 Å². The molecule has 0 saturated carbocycles. The summed E-state index contributed by atoms with van der Waals surface area (Å²) in [6, 6.07) is 5.89. The summed E-state index contributed by atoms with van der Waals surface area (Å²) in [6.07, 6.45) is 1.86. The van der Waals surface area contributed by atoms with Crippen molar-refractivity contribution < 1.29 is 4.79 Å². The predicted molar refractivity (Wildman–Crippen MR) is 125 cm³/mol. The topological polar surface area (TPSA) is 98.9 Å².